The Balaban J connectivity index is 4.37. The third-order valence-corrected chi connectivity index (χ3v) is 12.3. The van der Waals surface area contributed by atoms with Crippen molar-refractivity contribution >= 4 is 17.9 Å². The van der Waals surface area contributed by atoms with Crippen molar-refractivity contribution in [3.05, 3.63) is 48.6 Å². The van der Waals surface area contributed by atoms with Gasteiger partial charge in [-0.25, -0.2) is 0 Å². The first-order chi connectivity index (χ1) is 32.0. The minimum Gasteiger partial charge on any atom is -0.462 e. The lowest BCUT2D eigenvalue weighted by molar-refractivity contribution is -0.167. The molecule has 378 valence electrons. The van der Waals surface area contributed by atoms with Gasteiger partial charge in [-0.05, 0) is 77.0 Å². The van der Waals surface area contributed by atoms with Gasteiger partial charge in [0.25, 0.3) is 0 Å². The molecular weight excluding hydrogens is 805 g/mol. The summed E-state index contributed by atoms with van der Waals surface area (Å²) < 4.78 is 16.8. The van der Waals surface area contributed by atoms with Crippen molar-refractivity contribution in [2.24, 2.45) is 0 Å². The van der Waals surface area contributed by atoms with Gasteiger partial charge in [0.05, 0.1) is 0 Å². The van der Waals surface area contributed by atoms with Crippen LogP contribution >= 0.6 is 0 Å². The zero-order valence-corrected chi connectivity index (χ0v) is 43.3. The van der Waals surface area contributed by atoms with E-state index in [4.69, 9.17) is 14.2 Å². The molecule has 0 saturated carbocycles. The molecule has 0 aliphatic heterocycles. The van der Waals surface area contributed by atoms with Crippen molar-refractivity contribution in [1.82, 2.24) is 0 Å². The summed E-state index contributed by atoms with van der Waals surface area (Å²) in [5.41, 5.74) is 0. The van der Waals surface area contributed by atoms with E-state index >= 15 is 0 Å². The van der Waals surface area contributed by atoms with Crippen LogP contribution in [0.3, 0.4) is 0 Å². The average Bonchev–Trinajstić information content (AvgIpc) is 3.30. The highest BCUT2D eigenvalue weighted by molar-refractivity contribution is 5.71. The van der Waals surface area contributed by atoms with E-state index in [0.29, 0.717) is 19.3 Å². The number of rotatable bonds is 51. The van der Waals surface area contributed by atoms with E-state index in [1.807, 2.05) is 0 Å². The molecule has 0 aromatic rings. The van der Waals surface area contributed by atoms with Gasteiger partial charge < -0.3 is 14.2 Å². The second kappa shape index (κ2) is 54.0. The lowest BCUT2D eigenvalue weighted by atomic mass is 10.0. The van der Waals surface area contributed by atoms with Crippen LogP contribution in [0.15, 0.2) is 48.6 Å². The van der Waals surface area contributed by atoms with Gasteiger partial charge in [-0.3, -0.25) is 14.4 Å². The lowest BCUT2D eigenvalue weighted by Crippen LogP contribution is -2.30. The van der Waals surface area contributed by atoms with Gasteiger partial charge in [0.1, 0.15) is 13.2 Å². The van der Waals surface area contributed by atoms with Gasteiger partial charge in [0, 0.05) is 19.3 Å². The molecular formula is C59H106O6. The Hall–Kier alpha value is -2.63. The van der Waals surface area contributed by atoms with Gasteiger partial charge in [0.15, 0.2) is 6.10 Å². The van der Waals surface area contributed by atoms with E-state index < -0.39 is 6.10 Å². The van der Waals surface area contributed by atoms with Crippen molar-refractivity contribution < 1.29 is 28.6 Å². The molecule has 0 aliphatic rings. The fourth-order valence-corrected chi connectivity index (χ4v) is 8.02. The predicted molar refractivity (Wildman–Crippen MR) is 279 cm³/mol. The molecule has 6 nitrogen and oxygen atoms in total. The number of hydrogen-bond donors (Lipinski definition) is 0. The fourth-order valence-electron chi connectivity index (χ4n) is 8.02. The van der Waals surface area contributed by atoms with Crippen molar-refractivity contribution in [1.29, 1.82) is 0 Å². The smallest absolute Gasteiger partial charge is 0.306 e. The van der Waals surface area contributed by atoms with Gasteiger partial charge in [-0.2, -0.15) is 0 Å². The molecule has 0 spiro atoms. The van der Waals surface area contributed by atoms with Crippen molar-refractivity contribution in [3.8, 4) is 0 Å². The molecule has 0 rings (SSSR count). The maximum atomic E-state index is 12.8. The maximum absolute atomic E-state index is 12.8. The van der Waals surface area contributed by atoms with Crippen LogP contribution in [0.25, 0.3) is 0 Å². The van der Waals surface area contributed by atoms with Crippen LogP contribution in [-0.2, 0) is 28.6 Å². The highest BCUT2D eigenvalue weighted by atomic mass is 16.6. The third kappa shape index (κ3) is 52.2. The molecule has 0 saturated heterocycles. The van der Waals surface area contributed by atoms with E-state index in [0.717, 1.165) is 89.9 Å². The van der Waals surface area contributed by atoms with Crippen molar-refractivity contribution in [2.75, 3.05) is 13.2 Å². The summed E-state index contributed by atoms with van der Waals surface area (Å²) in [4.78, 5) is 38.1. The first-order valence-corrected chi connectivity index (χ1v) is 28.1. The molecule has 0 fully saturated rings. The Bertz CT molecular complexity index is 1140. The number of carbonyl (C=O) groups excluding carboxylic acids is 3. The van der Waals surface area contributed by atoms with Crippen LogP contribution in [0, 0.1) is 0 Å². The number of hydrogen-bond acceptors (Lipinski definition) is 6. The highest BCUT2D eigenvalue weighted by Crippen LogP contribution is 2.16. The van der Waals surface area contributed by atoms with Crippen LogP contribution in [0.2, 0.25) is 0 Å². The van der Waals surface area contributed by atoms with Gasteiger partial charge in [-0.1, -0.05) is 243 Å². The third-order valence-electron chi connectivity index (χ3n) is 12.3. The summed E-state index contributed by atoms with van der Waals surface area (Å²) in [5.74, 6) is -0.887. The Morgan fingerprint density at radius 1 is 0.308 bits per heavy atom. The number of carbonyl (C=O) groups is 3. The first kappa shape index (κ1) is 62.4. The fraction of sp³-hybridized carbons (Fsp3) is 0.814. The summed E-state index contributed by atoms with van der Waals surface area (Å²) in [6.07, 6.45) is 65.2. The summed E-state index contributed by atoms with van der Waals surface area (Å²) in [5, 5.41) is 0. The molecule has 6 heteroatoms. The Kier molecular flexibility index (Phi) is 51.8. The summed E-state index contributed by atoms with van der Waals surface area (Å²) in [6, 6.07) is 0. The van der Waals surface area contributed by atoms with Gasteiger partial charge in [0.2, 0.25) is 0 Å². The largest absolute Gasteiger partial charge is 0.462 e. The number of unbranched alkanes of at least 4 members (excludes halogenated alkanes) is 32. The predicted octanol–water partition coefficient (Wildman–Crippen LogP) is 18.7. The highest BCUT2D eigenvalue weighted by Gasteiger charge is 2.19. The number of ether oxygens (including phenoxy) is 3. The van der Waals surface area contributed by atoms with Crippen LogP contribution in [0.5, 0.6) is 0 Å². The van der Waals surface area contributed by atoms with E-state index in [9.17, 15) is 14.4 Å². The lowest BCUT2D eigenvalue weighted by Gasteiger charge is -2.18. The molecule has 0 aromatic carbocycles. The summed E-state index contributed by atoms with van der Waals surface area (Å²) in [6.45, 7) is 6.59. The molecule has 0 radical (unpaired) electrons. The van der Waals surface area contributed by atoms with Crippen molar-refractivity contribution in [3.63, 3.8) is 0 Å². The quantitative estimate of drug-likeness (QED) is 0.0262. The zero-order valence-electron chi connectivity index (χ0n) is 43.3. The Morgan fingerprint density at radius 2 is 0.569 bits per heavy atom. The number of esters is 3. The molecule has 0 aliphatic carbocycles. The van der Waals surface area contributed by atoms with E-state index in [-0.39, 0.29) is 31.1 Å². The molecule has 65 heavy (non-hydrogen) atoms. The second-order valence-electron chi connectivity index (χ2n) is 18.8. The van der Waals surface area contributed by atoms with Crippen molar-refractivity contribution in [2.45, 2.75) is 297 Å². The number of allylic oxidation sites excluding steroid dienone is 8. The zero-order chi connectivity index (χ0) is 47.2. The monoisotopic (exact) mass is 911 g/mol. The molecule has 1 atom stereocenters. The normalized spacial score (nSPS) is 12.4. The molecule has 0 heterocycles. The van der Waals surface area contributed by atoms with Crippen LogP contribution in [0.1, 0.15) is 290 Å². The minimum absolute atomic E-state index is 0.0793. The average molecular weight is 911 g/mol. The SMILES string of the molecule is CCCC/C=C\C/C=C\CCCCCCCC(=O)OCC(COC(=O)CCCCCCCCC/C=C\C/C=C\CCCCCC)OC(=O)CCCCCCCCCCCCCCCCC. The van der Waals surface area contributed by atoms with Crippen LogP contribution in [0.4, 0.5) is 0 Å². The second-order valence-corrected chi connectivity index (χ2v) is 18.8. The van der Waals surface area contributed by atoms with Crippen LogP contribution < -0.4 is 0 Å². The maximum Gasteiger partial charge on any atom is 0.306 e. The minimum atomic E-state index is -0.779. The molecule has 0 aromatic heterocycles. The Labute approximate surface area is 403 Å². The molecule has 0 bridgehead atoms. The van der Waals surface area contributed by atoms with Gasteiger partial charge >= 0.3 is 17.9 Å². The van der Waals surface area contributed by atoms with Gasteiger partial charge in [-0.15, -0.1) is 0 Å². The van der Waals surface area contributed by atoms with E-state index in [1.165, 1.54) is 161 Å². The topological polar surface area (TPSA) is 78.9 Å². The summed E-state index contributed by atoms with van der Waals surface area (Å²) >= 11 is 0. The molecule has 1 unspecified atom stereocenters. The van der Waals surface area contributed by atoms with E-state index in [1.54, 1.807) is 0 Å². The first-order valence-electron chi connectivity index (χ1n) is 28.1. The Morgan fingerprint density at radius 3 is 0.908 bits per heavy atom. The standard InChI is InChI=1S/C59H106O6/c1-4-7-10-13-16-19-22-25-28-29-30-32-34-37-40-43-46-49-52-58(61)64-55-56(54-63-57(60)51-48-45-42-39-36-33-27-24-21-18-15-12-9-6-3)65-59(62)53-50-47-44-41-38-35-31-26-23-20-17-14-11-8-5-2/h15,18-19,22,24,27-29,56H,4-14,16-17,20-21,23,25-26,30-55H2,1-3H3/b18-15-,22-19-,27-24-,29-28-. The summed E-state index contributed by atoms with van der Waals surface area (Å²) in [7, 11) is 0. The van der Waals surface area contributed by atoms with E-state index in [2.05, 4.69) is 69.4 Å². The molecule has 0 amide bonds. The van der Waals surface area contributed by atoms with Crippen LogP contribution in [-0.4, -0.2) is 37.2 Å². The molecule has 0 N–H and O–H groups in total.